The van der Waals surface area contributed by atoms with Crippen molar-refractivity contribution in [3.05, 3.63) is 106 Å². The largest absolute Gasteiger partial charge is 0.354 e. The lowest BCUT2D eigenvalue weighted by Crippen LogP contribution is -2.51. The standard InChI is InChI=1S/C28H30BrFN2O2/c1-2-3-16-31-28(34)26(18-21-10-5-4-6-11-21)32(20-22-12-9-14-24(29)17-22)27(33)19-23-13-7-8-15-25(23)30/h4-15,17,26H,2-3,16,18-20H2,1H3,(H,31,34)/t26-/m1/s1. The maximum Gasteiger partial charge on any atom is 0.243 e. The molecule has 0 saturated heterocycles. The predicted octanol–water partition coefficient (Wildman–Crippen LogP) is 5.69. The summed E-state index contributed by atoms with van der Waals surface area (Å²) in [6, 6.07) is 22.9. The molecule has 0 radical (unpaired) electrons. The van der Waals surface area contributed by atoms with Crippen LogP contribution in [0.2, 0.25) is 0 Å². The van der Waals surface area contributed by atoms with Gasteiger partial charge in [0.2, 0.25) is 11.8 Å². The van der Waals surface area contributed by atoms with Crippen molar-refractivity contribution in [2.24, 2.45) is 0 Å². The third-order valence-electron chi connectivity index (χ3n) is 5.64. The predicted molar refractivity (Wildman–Crippen MR) is 137 cm³/mol. The van der Waals surface area contributed by atoms with Crippen LogP contribution in [0.4, 0.5) is 4.39 Å². The second-order valence-electron chi connectivity index (χ2n) is 8.27. The van der Waals surface area contributed by atoms with Crippen LogP contribution in [0.3, 0.4) is 0 Å². The Balaban J connectivity index is 1.95. The number of carbonyl (C=O) groups is 2. The zero-order valence-corrected chi connectivity index (χ0v) is 20.9. The van der Waals surface area contributed by atoms with Crippen LogP contribution < -0.4 is 5.32 Å². The smallest absolute Gasteiger partial charge is 0.243 e. The highest BCUT2D eigenvalue weighted by Crippen LogP contribution is 2.19. The van der Waals surface area contributed by atoms with Gasteiger partial charge in [0.25, 0.3) is 0 Å². The monoisotopic (exact) mass is 524 g/mol. The Bertz CT molecular complexity index is 1090. The quantitative estimate of drug-likeness (QED) is 0.327. The molecule has 0 bridgehead atoms. The molecule has 2 amide bonds. The first-order valence-electron chi connectivity index (χ1n) is 11.6. The molecule has 0 saturated carbocycles. The fourth-order valence-electron chi connectivity index (χ4n) is 3.80. The van der Waals surface area contributed by atoms with E-state index in [1.54, 1.807) is 23.1 Å². The molecule has 1 N–H and O–H groups in total. The highest BCUT2D eigenvalue weighted by atomic mass is 79.9. The lowest BCUT2D eigenvalue weighted by Gasteiger charge is -2.32. The molecule has 0 aliphatic heterocycles. The number of amides is 2. The maximum atomic E-state index is 14.3. The molecular weight excluding hydrogens is 495 g/mol. The Morgan fingerprint density at radius 3 is 2.38 bits per heavy atom. The molecule has 1 atom stereocenters. The number of hydrogen-bond donors (Lipinski definition) is 1. The molecule has 0 spiro atoms. The van der Waals surface area contributed by atoms with E-state index in [-0.39, 0.29) is 24.8 Å². The van der Waals surface area contributed by atoms with Crippen LogP contribution in [0.5, 0.6) is 0 Å². The van der Waals surface area contributed by atoms with E-state index in [0.717, 1.165) is 28.4 Å². The van der Waals surface area contributed by atoms with Gasteiger partial charge in [-0.15, -0.1) is 0 Å². The molecule has 178 valence electrons. The minimum Gasteiger partial charge on any atom is -0.354 e. The zero-order valence-electron chi connectivity index (χ0n) is 19.3. The third kappa shape index (κ3) is 7.52. The molecule has 3 rings (SSSR count). The summed E-state index contributed by atoms with van der Waals surface area (Å²) in [5.41, 5.74) is 2.16. The molecule has 3 aromatic carbocycles. The van der Waals surface area contributed by atoms with Gasteiger partial charge in [-0.05, 0) is 41.3 Å². The second-order valence-corrected chi connectivity index (χ2v) is 9.19. The molecule has 3 aromatic rings. The van der Waals surface area contributed by atoms with E-state index >= 15 is 0 Å². The second kappa shape index (κ2) is 13.0. The van der Waals surface area contributed by atoms with E-state index in [9.17, 15) is 14.0 Å². The third-order valence-corrected chi connectivity index (χ3v) is 6.14. The Morgan fingerprint density at radius 2 is 1.68 bits per heavy atom. The van der Waals surface area contributed by atoms with Crippen LogP contribution in [0, 0.1) is 5.82 Å². The van der Waals surface area contributed by atoms with Crippen molar-refractivity contribution in [1.82, 2.24) is 10.2 Å². The SMILES string of the molecule is CCCCNC(=O)[C@@H](Cc1ccccc1)N(Cc1cccc(Br)c1)C(=O)Cc1ccccc1F. The normalized spacial score (nSPS) is 11.6. The summed E-state index contributed by atoms with van der Waals surface area (Å²) in [5, 5.41) is 3.00. The fraction of sp³-hybridized carbons (Fsp3) is 0.286. The Morgan fingerprint density at radius 1 is 0.971 bits per heavy atom. The summed E-state index contributed by atoms with van der Waals surface area (Å²) in [6.07, 6.45) is 2.07. The van der Waals surface area contributed by atoms with E-state index in [2.05, 4.69) is 28.2 Å². The van der Waals surface area contributed by atoms with Gasteiger partial charge in [0.1, 0.15) is 11.9 Å². The number of nitrogens with zero attached hydrogens (tertiary/aromatic N) is 1. The summed E-state index contributed by atoms with van der Waals surface area (Å²) in [6.45, 7) is 2.85. The summed E-state index contributed by atoms with van der Waals surface area (Å²) in [4.78, 5) is 28.5. The summed E-state index contributed by atoms with van der Waals surface area (Å²) < 4.78 is 15.2. The number of nitrogens with one attached hydrogen (secondary N) is 1. The van der Waals surface area contributed by atoms with Crippen LogP contribution in [-0.4, -0.2) is 29.3 Å². The highest BCUT2D eigenvalue weighted by Gasteiger charge is 2.30. The summed E-state index contributed by atoms with van der Waals surface area (Å²) in [7, 11) is 0. The number of benzene rings is 3. The first-order chi connectivity index (χ1) is 16.5. The molecule has 0 heterocycles. The van der Waals surface area contributed by atoms with Crippen molar-refractivity contribution in [2.45, 2.75) is 45.2 Å². The molecule has 0 fully saturated rings. The number of rotatable bonds is 11. The molecule has 4 nitrogen and oxygen atoms in total. The van der Waals surface area contributed by atoms with Gasteiger partial charge in [0.05, 0.1) is 6.42 Å². The van der Waals surface area contributed by atoms with Gasteiger partial charge in [-0.1, -0.05) is 89.9 Å². The number of hydrogen-bond acceptors (Lipinski definition) is 2. The molecule has 0 aliphatic carbocycles. The van der Waals surface area contributed by atoms with Crippen molar-refractivity contribution < 1.29 is 14.0 Å². The van der Waals surface area contributed by atoms with Gasteiger partial charge in [-0.3, -0.25) is 9.59 Å². The Kier molecular flexibility index (Phi) is 9.83. The topological polar surface area (TPSA) is 49.4 Å². The summed E-state index contributed by atoms with van der Waals surface area (Å²) >= 11 is 3.48. The van der Waals surface area contributed by atoms with Crippen molar-refractivity contribution >= 4 is 27.7 Å². The van der Waals surface area contributed by atoms with Crippen molar-refractivity contribution in [1.29, 1.82) is 0 Å². The lowest BCUT2D eigenvalue weighted by molar-refractivity contribution is -0.140. The van der Waals surface area contributed by atoms with Crippen molar-refractivity contribution in [3.8, 4) is 0 Å². The van der Waals surface area contributed by atoms with Gasteiger partial charge < -0.3 is 10.2 Å². The van der Waals surface area contributed by atoms with E-state index in [1.165, 1.54) is 6.07 Å². The highest BCUT2D eigenvalue weighted by molar-refractivity contribution is 9.10. The zero-order chi connectivity index (χ0) is 24.3. The molecule has 0 aliphatic rings. The van der Waals surface area contributed by atoms with Gasteiger partial charge in [-0.2, -0.15) is 0 Å². The minimum atomic E-state index is -0.725. The number of unbranched alkanes of at least 4 members (excludes halogenated alkanes) is 1. The van der Waals surface area contributed by atoms with E-state index in [1.807, 2.05) is 54.6 Å². The van der Waals surface area contributed by atoms with Gasteiger partial charge in [0.15, 0.2) is 0 Å². The minimum absolute atomic E-state index is 0.117. The maximum absolute atomic E-state index is 14.3. The van der Waals surface area contributed by atoms with Crippen LogP contribution >= 0.6 is 15.9 Å². The number of halogens is 2. The fourth-order valence-corrected chi connectivity index (χ4v) is 4.25. The van der Waals surface area contributed by atoms with Crippen LogP contribution in [0.1, 0.15) is 36.5 Å². The average molecular weight is 525 g/mol. The first-order valence-corrected chi connectivity index (χ1v) is 12.4. The lowest BCUT2D eigenvalue weighted by atomic mass is 10.0. The van der Waals surface area contributed by atoms with Crippen LogP contribution in [0.25, 0.3) is 0 Å². The van der Waals surface area contributed by atoms with Gasteiger partial charge >= 0.3 is 0 Å². The molecule has 6 heteroatoms. The Labute approximate surface area is 209 Å². The average Bonchev–Trinajstić information content (AvgIpc) is 2.83. The Hall–Kier alpha value is -2.99. The van der Waals surface area contributed by atoms with Crippen LogP contribution in [-0.2, 0) is 29.0 Å². The van der Waals surface area contributed by atoms with E-state index in [0.29, 0.717) is 18.5 Å². The molecule has 34 heavy (non-hydrogen) atoms. The molecule has 0 unspecified atom stereocenters. The molecule has 0 aromatic heterocycles. The van der Waals surface area contributed by atoms with E-state index < -0.39 is 11.9 Å². The molecular formula is C28H30BrFN2O2. The van der Waals surface area contributed by atoms with E-state index in [4.69, 9.17) is 0 Å². The van der Waals surface area contributed by atoms with Crippen LogP contribution in [0.15, 0.2) is 83.3 Å². The van der Waals surface area contributed by atoms with Gasteiger partial charge in [0, 0.05) is 24.0 Å². The van der Waals surface area contributed by atoms with Crippen molar-refractivity contribution in [2.75, 3.05) is 6.54 Å². The first kappa shape index (κ1) is 25.6. The van der Waals surface area contributed by atoms with Gasteiger partial charge in [-0.25, -0.2) is 4.39 Å². The number of carbonyl (C=O) groups excluding carboxylic acids is 2. The summed E-state index contributed by atoms with van der Waals surface area (Å²) in [5.74, 6) is -0.920. The van der Waals surface area contributed by atoms with Crippen molar-refractivity contribution in [3.63, 3.8) is 0 Å².